The van der Waals surface area contributed by atoms with Crippen molar-refractivity contribution in [1.29, 1.82) is 0 Å². The first-order valence-corrected chi connectivity index (χ1v) is 7.98. The number of hydrogen-bond acceptors (Lipinski definition) is 0. The summed E-state index contributed by atoms with van der Waals surface area (Å²) in [6, 6.07) is 0. The molecular weight excluding hydrogens is 204 g/mol. The van der Waals surface area contributed by atoms with Crippen molar-refractivity contribution in [3.8, 4) is 0 Å². The Labute approximate surface area is 108 Å². The highest BCUT2D eigenvalue weighted by Crippen LogP contribution is 2.66. The van der Waals surface area contributed by atoms with Crippen LogP contribution < -0.4 is 0 Å². The summed E-state index contributed by atoms with van der Waals surface area (Å²) in [5.41, 5.74) is 0.636. The van der Waals surface area contributed by atoms with Gasteiger partial charge in [-0.05, 0) is 66.1 Å². The van der Waals surface area contributed by atoms with Crippen LogP contribution in [0.3, 0.4) is 0 Å². The third-order valence-electron chi connectivity index (χ3n) is 7.57. The Balaban J connectivity index is 1.77. The molecule has 98 valence electrons. The zero-order valence-electron chi connectivity index (χ0n) is 12.4. The van der Waals surface area contributed by atoms with Gasteiger partial charge in [0.1, 0.15) is 0 Å². The van der Waals surface area contributed by atoms with Crippen LogP contribution >= 0.6 is 0 Å². The van der Waals surface area contributed by atoms with Crippen LogP contribution in [-0.4, -0.2) is 0 Å². The molecule has 0 amide bonds. The quantitative estimate of drug-likeness (QED) is 0.600. The minimum atomic E-state index is 0.636. The summed E-state index contributed by atoms with van der Waals surface area (Å²) in [6.07, 6.45) is 6.08. The molecule has 17 heavy (non-hydrogen) atoms. The molecule has 0 spiro atoms. The Kier molecular flexibility index (Phi) is 2.66. The van der Waals surface area contributed by atoms with Crippen LogP contribution in [0.2, 0.25) is 0 Å². The van der Waals surface area contributed by atoms with E-state index in [1.54, 1.807) is 12.8 Å². The maximum atomic E-state index is 2.53. The van der Waals surface area contributed by atoms with Crippen LogP contribution in [0.1, 0.15) is 60.3 Å². The topological polar surface area (TPSA) is 0 Å². The van der Waals surface area contributed by atoms with E-state index in [2.05, 4.69) is 34.6 Å². The molecule has 0 heteroatoms. The van der Waals surface area contributed by atoms with Gasteiger partial charge in [0.25, 0.3) is 0 Å². The van der Waals surface area contributed by atoms with E-state index < -0.39 is 0 Å². The lowest BCUT2D eigenvalue weighted by Gasteiger charge is -2.59. The van der Waals surface area contributed by atoms with Gasteiger partial charge in [0, 0.05) is 0 Å². The van der Waals surface area contributed by atoms with Gasteiger partial charge >= 0.3 is 0 Å². The van der Waals surface area contributed by atoms with Crippen LogP contribution in [0.4, 0.5) is 0 Å². The van der Waals surface area contributed by atoms with Crippen molar-refractivity contribution in [2.24, 2.45) is 46.8 Å². The first kappa shape index (κ1) is 12.1. The molecule has 7 unspecified atom stereocenters. The fourth-order valence-electron chi connectivity index (χ4n) is 6.05. The maximum Gasteiger partial charge on any atom is -0.0295 e. The molecule has 0 N–H and O–H groups in total. The molecule has 3 aliphatic rings. The molecular formula is C17H30. The number of fused-ring (bicyclic) bond motifs is 2. The molecule has 0 radical (unpaired) electrons. The largest absolute Gasteiger partial charge is 0.0651 e. The minimum Gasteiger partial charge on any atom is -0.0651 e. The first-order valence-electron chi connectivity index (χ1n) is 7.98. The van der Waals surface area contributed by atoms with Gasteiger partial charge in [-0.25, -0.2) is 0 Å². The predicted octanol–water partition coefficient (Wildman–Crippen LogP) is 4.99. The predicted molar refractivity (Wildman–Crippen MR) is 73.7 cm³/mol. The Bertz CT molecular complexity index is 303. The van der Waals surface area contributed by atoms with E-state index in [0.717, 1.165) is 41.4 Å². The Morgan fingerprint density at radius 2 is 1.65 bits per heavy atom. The fourth-order valence-corrected chi connectivity index (χ4v) is 6.05. The maximum absolute atomic E-state index is 2.53. The summed E-state index contributed by atoms with van der Waals surface area (Å²) in [6.45, 7) is 12.5. The van der Waals surface area contributed by atoms with Crippen molar-refractivity contribution < 1.29 is 0 Å². The molecule has 0 aromatic carbocycles. The fraction of sp³-hybridized carbons (Fsp3) is 1.00. The molecule has 3 saturated carbocycles. The zero-order valence-corrected chi connectivity index (χ0v) is 12.4. The summed E-state index contributed by atoms with van der Waals surface area (Å²) in [7, 11) is 0. The molecule has 0 bridgehead atoms. The highest BCUT2D eigenvalue weighted by molar-refractivity contribution is 5.07. The standard InChI is InChI=1S/C17H30/c1-6-12-10(2)13-7-8-14-11(3)17(4,5)16(14)9-15(12)13/h10-16H,6-9H2,1-5H3. The van der Waals surface area contributed by atoms with E-state index in [0.29, 0.717) is 5.41 Å². The zero-order chi connectivity index (χ0) is 12.4. The SMILES string of the molecule is CCC1C(C)C2CCC3C(C)C(C)(C)C3CC12. The molecule has 3 fully saturated rings. The Morgan fingerprint density at radius 3 is 2.29 bits per heavy atom. The second-order valence-electron chi connectivity index (χ2n) is 7.95. The van der Waals surface area contributed by atoms with Gasteiger partial charge in [0.2, 0.25) is 0 Å². The molecule has 0 aromatic rings. The molecule has 3 rings (SSSR count). The third kappa shape index (κ3) is 1.42. The van der Waals surface area contributed by atoms with E-state index >= 15 is 0 Å². The van der Waals surface area contributed by atoms with Gasteiger partial charge in [-0.2, -0.15) is 0 Å². The van der Waals surface area contributed by atoms with Crippen molar-refractivity contribution >= 4 is 0 Å². The van der Waals surface area contributed by atoms with Crippen molar-refractivity contribution in [3.63, 3.8) is 0 Å². The number of rotatable bonds is 1. The van der Waals surface area contributed by atoms with Crippen LogP contribution in [0.25, 0.3) is 0 Å². The van der Waals surface area contributed by atoms with E-state index in [1.165, 1.54) is 12.8 Å². The van der Waals surface area contributed by atoms with Crippen molar-refractivity contribution in [2.75, 3.05) is 0 Å². The molecule has 0 nitrogen and oxygen atoms in total. The smallest absolute Gasteiger partial charge is 0.0295 e. The Hall–Kier alpha value is 0. The van der Waals surface area contributed by atoms with Gasteiger partial charge < -0.3 is 0 Å². The second-order valence-corrected chi connectivity index (χ2v) is 7.95. The summed E-state index contributed by atoms with van der Waals surface area (Å²) in [5, 5.41) is 0. The summed E-state index contributed by atoms with van der Waals surface area (Å²) in [5.74, 6) is 7.37. The molecule has 0 aliphatic heterocycles. The summed E-state index contributed by atoms with van der Waals surface area (Å²) in [4.78, 5) is 0. The first-order chi connectivity index (χ1) is 7.98. The van der Waals surface area contributed by atoms with Crippen LogP contribution in [-0.2, 0) is 0 Å². The molecule has 0 heterocycles. The summed E-state index contributed by atoms with van der Waals surface area (Å²) >= 11 is 0. The van der Waals surface area contributed by atoms with E-state index in [1.807, 2.05) is 0 Å². The summed E-state index contributed by atoms with van der Waals surface area (Å²) < 4.78 is 0. The van der Waals surface area contributed by atoms with Gasteiger partial charge in [-0.15, -0.1) is 0 Å². The lowest BCUT2D eigenvalue weighted by molar-refractivity contribution is -0.109. The molecule has 0 aromatic heterocycles. The average molecular weight is 234 g/mol. The molecule has 3 aliphatic carbocycles. The lowest BCUT2D eigenvalue weighted by atomic mass is 9.46. The lowest BCUT2D eigenvalue weighted by Crippen LogP contribution is -2.53. The monoisotopic (exact) mass is 234 g/mol. The average Bonchev–Trinajstić information content (AvgIpc) is 2.45. The highest BCUT2D eigenvalue weighted by atomic mass is 14.6. The van der Waals surface area contributed by atoms with Gasteiger partial charge in [-0.1, -0.05) is 41.0 Å². The van der Waals surface area contributed by atoms with Crippen LogP contribution in [0.15, 0.2) is 0 Å². The molecule has 7 atom stereocenters. The van der Waals surface area contributed by atoms with Gasteiger partial charge in [0.15, 0.2) is 0 Å². The van der Waals surface area contributed by atoms with Gasteiger partial charge in [0.05, 0.1) is 0 Å². The van der Waals surface area contributed by atoms with Crippen LogP contribution in [0.5, 0.6) is 0 Å². The highest BCUT2D eigenvalue weighted by Gasteiger charge is 2.58. The van der Waals surface area contributed by atoms with Crippen LogP contribution in [0, 0.1) is 46.8 Å². The van der Waals surface area contributed by atoms with E-state index in [9.17, 15) is 0 Å². The molecule has 0 saturated heterocycles. The number of hydrogen-bond donors (Lipinski definition) is 0. The van der Waals surface area contributed by atoms with Gasteiger partial charge in [-0.3, -0.25) is 0 Å². The minimum absolute atomic E-state index is 0.636. The van der Waals surface area contributed by atoms with Crippen molar-refractivity contribution in [1.82, 2.24) is 0 Å². The third-order valence-corrected chi connectivity index (χ3v) is 7.57. The second kappa shape index (κ2) is 3.75. The van der Waals surface area contributed by atoms with Crippen molar-refractivity contribution in [2.45, 2.75) is 60.3 Å². The normalized spacial score (nSPS) is 55.9. The van der Waals surface area contributed by atoms with E-state index in [-0.39, 0.29) is 0 Å². The van der Waals surface area contributed by atoms with Crippen molar-refractivity contribution in [3.05, 3.63) is 0 Å². The van der Waals surface area contributed by atoms with E-state index in [4.69, 9.17) is 0 Å². The Morgan fingerprint density at radius 1 is 1.00 bits per heavy atom.